The monoisotopic (exact) mass is 234 g/mol. The molecule has 1 atom stereocenters. The van der Waals surface area contributed by atoms with Gasteiger partial charge in [-0.2, -0.15) is 0 Å². The van der Waals surface area contributed by atoms with Crippen LogP contribution in [-0.2, 0) is 4.74 Å². The van der Waals surface area contributed by atoms with Crippen molar-refractivity contribution in [3.05, 3.63) is 12.1 Å². The molecule has 7 heteroatoms. The number of nitrogens with one attached hydrogen (secondary N) is 1. The average Bonchev–Trinajstić information content (AvgIpc) is 2.95. The molecule has 0 amide bonds. The van der Waals surface area contributed by atoms with Crippen LogP contribution in [0.4, 0.5) is 5.82 Å². The smallest absolute Gasteiger partial charge is 0.200 e. The Morgan fingerprint density at radius 1 is 1.53 bits per heavy atom. The molecule has 3 heterocycles. The molecule has 90 valence electrons. The summed E-state index contributed by atoms with van der Waals surface area (Å²) >= 11 is 0. The molecule has 7 nitrogen and oxygen atoms in total. The van der Waals surface area contributed by atoms with E-state index < -0.39 is 0 Å². The van der Waals surface area contributed by atoms with E-state index in [2.05, 4.69) is 32.9 Å². The van der Waals surface area contributed by atoms with Crippen molar-refractivity contribution in [3.63, 3.8) is 0 Å². The fourth-order valence-electron chi connectivity index (χ4n) is 2.00. The van der Waals surface area contributed by atoms with Gasteiger partial charge >= 0.3 is 0 Å². The van der Waals surface area contributed by atoms with Crippen LogP contribution < -0.4 is 5.32 Å². The van der Waals surface area contributed by atoms with Crippen molar-refractivity contribution in [2.45, 2.75) is 25.4 Å². The van der Waals surface area contributed by atoms with Crippen molar-refractivity contribution in [1.29, 1.82) is 0 Å². The van der Waals surface area contributed by atoms with Gasteiger partial charge in [-0.15, -0.1) is 14.8 Å². The second kappa shape index (κ2) is 3.92. The number of ether oxygens (including phenoxy) is 1. The minimum Gasteiger partial charge on any atom is -0.373 e. The molecule has 0 saturated carbocycles. The molecular formula is C10H14N6O. The number of rotatable bonds is 3. The fraction of sp³-hybridized carbons (Fsp3) is 0.600. The first-order valence-corrected chi connectivity index (χ1v) is 5.68. The Morgan fingerprint density at radius 3 is 3.29 bits per heavy atom. The van der Waals surface area contributed by atoms with Gasteiger partial charge in [-0.3, -0.25) is 0 Å². The predicted octanol–water partition coefficient (Wildman–Crippen LogP) is 0.500. The molecule has 0 radical (unpaired) electrons. The second-order valence-electron chi connectivity index (χ2n) is 4.50. The number of nitrogens with zero attached hydrogens (tertiary/aromatic N) is 5. The van der Waals surface area contributed by atoms with Crippen LogP contribution >= 0.6 is 0 Å². The molecule has 2 aromatic heterocycles. The Morgan fingerprint density at radius 2 is 2.47 bits per heavy atom. The molecule has 1 fully saturated rings. The number of fused-ring (bicyclic) bond motifs is 1. The summed E-state index contributed by atoms with van der Waals surface area (Å²) in [5.74, 6) is 0.751. The van der Waals surface area contributed by atoms with Gasteiger partial charge in [0, 0.05) is 13.2 Å². The zero-order valence-corrected chi connectivity index (χ0v) is 9.63. The summed E-state index contributed by atoms with van der Waals surface area (Å²) in [6.07, 6.45) is 2.20. The number of hydrogen-bond donors (Lipinski definition) is 1. The molecule has 1 N–H and O–H groups in total. The molecule has 0 spiro atoms. The van der Waals surface area contributed by atoms with Gasteiger partial charge in [-0.25, -0.2) is 0 Å². The molecule has 2 aromatic rings. The van der Waals surface area contributed by atoms with Crippen LogP contribution in [0.5, 0.6) is 0 Å². The maximum absolute atomic E-state index is 5.70. The van der Waals surface area contributed by atoms with Crippen molar-refractivity contribution in [3.8, 4) is 0 Å². The van der Waals surface area contributed by atoms with Crippen molar-refractivity contribution < 1.29 is 4.74 Å². The van der Waals surface area contributed by atoms with E-state index in [1.54, 1.807) is 0 Å². The van der Waals surface area contributed by atoms with E-state index in [0.29, 0.717) is 5.65 Å². The summed E-state index contributed by atoms with van der Waals surface area (Å²) < 4.78 is 7.10. The number of hydrogen-bond acceptors (Lipinski definition) is 6. The first-order chi connectivity index (χ1) is 8.25. The van der Waals surface area contributed by atoms with Gasteiger partial charge in [0.2, 0.25) is 0 Å². The highest BCUT2D eigenvalue weighted by Crippen LogP contribution is 2.24. The largest absolute Gasteiger partial charge is 0.373 e. The molecule has 3 rings (SSSR count). The van der Waals surface area contributed by atoms with Crippen molar-refractivity contribution in [2.75, 3.05) is 18.5 Å². The van der Waals surface area contributed by atoms with E-state index in [-0.39, 0.29) is 5.60 Å². The third kappa shape index (κ3) is 2.05. The lowest BCUT2D eigenvalue weighted by molar-refractivity contribution is 0.0314. The molecule has 1 unspecified atom stereocenters. The molecule has 1 saturated heterocycles. The molecule has 1 aliphatic rings. The normalized spacial score (nSPS) is 24.3. The number of aromatic nitrogens is 5. The lowest BCUT2D eigenvalue weighted by Gasteiger charge is -2.23. The Kier molecular flexibility index (Phi) is 2.40. The van der Waals surface area contributed by atoms with Crippen LogP contribution in [0, 0.1) is 0 Å². The standard InChI is InChI=1S/C10H14N6O/c1-10(5-2-6-17-10)7-11-8-3-4-9-12-14-15-16(9)13-8/h3-4H,2,5-7H2,1H3,(H,11,13). The quantitative estimate of drug-likeness (QED) is 0.833. The van der Waals surface area contributed by atoms with E-state index in [9.17, 15) is 0 Å². The van der Waals surface area contributed by atoms with Crippen LogP contribution in [0.15, 0.2) is 12.1 Å². The molecule has 0 aliphatic carbocycles. The predicted molar refractivity (Wildman–Crippen MR) is 60.7 cm³/mol. The van der Waals surface area contributed by atoms with Gasteiger partial charge in [-0.1, -0.05) is 0 Å². The van der Waals surface area contributed by atoms with Gasteiger partial charge in [0.05, 0.1) is 5.60 Å². The maximum Gasteiger partial charge on any atom is 0.200 e. The lowest BCUT2D eigenvalue weighted by atomic mass is 10.0. The van der Waals surface area contributed by atoms with E-state index in [0.717, 1.165) is 31.8 Å². The lowest BCUT2D eigenvalue weighted by Crippen LogP contribution is -2.32. The van der Waals surface area contributed by atoms with Gasteiger partial charge in [-0.05, 0) is 42.3 Å². The third-order valence-electron chi connectivity index (χ3n) is 3.01. The van der Waals surface area contributed by atoms with Crippen molar-refractivity contribution >= 4 is 11.5 Å². The SMILES string of the molecule is CC1(CNc2ccc3nnnn3n2)CCCO1. The van der Waals surface area contributed by atoms with E-state index in [1.807, 2.05) is 12.1 Å². The summed E-state index contributed by atoms with van der Waals surface area (Å²) in [4.78, 5) is 0. The molecular weight excluding hydrogens is 220 g/mol. The maximum atomic E-state index is 5.70. The average molecular weight is 234 g/mol. The Labute approximate surface area is 98.1 Å². The zero-order chi connectivity index (χ0) is 11.7. The Hall–Kier alpha value is -1.76. The zero-order valence-electron chi connectivity index (χ0n) is 9.63. The first kappa shape index (κ1) is 10.4. The first-order valence-electron chi connectivity index (χ1n) is 5.68. The van der Waals surface area contributed by atoms with Crippen LogP contribution in [0.25, 0.3) is 5.65 Å². The van der Waals surface area contributed by atoms with Crippen molar-refractivity contribution in [1.82, 2.24) is 25.3 Å². The molecule has 17 heavy (non-hydrogen) atoms. The van der Waals surface area contributed by atoms with Crippen LogP contribution in [0.2, 0.25) is 0 Å². The number of anilines is 1. The van der Waals surface area contributed by atoms with Crippen molar-refractivity contribution in [2.24, 2.45) is 0 Å². The minimum absolute atomic E-state index is 0.0861. The summed E-state index contributed by atoms with van der Waals surface area (Å²) in [5.41, 5.74) is 0.552. The summed E-state index contributed by atoms with van der Waals surface area (Å²) in [6, 6.07) is 3.69. The summed E-state index contributed by atoms with van der Waals surface area (Å²) in [7, 11) is 0. The highest BCUT2D eigenvalue weighted by Gasteiger charge is 2.29. The Balaban J connectivity index is 1.71. The van der Waals surface area contributed by atoms with E-state index in [4.69, 9.17) is 4.74 Å². The van der Waals surface area contributed by atoms with Crippen LogP contribution in [-0.4, -0.2) is 44.0 Å². The van der Waals surface area contributed by atoms with Gasteiger partial charge in [0.15, 0.2) is 5.65 Å². The van der Waals surface area contributed by atoms with E-state index >= 15 is 0 Å². The van der Waals surface area contributed by atoms with Gasteiger partial charge in [0.1, 0.15) is 5.82 Å². The minimum atomic E-state index is -0.0861. The highest BCUT2D eigenvalue weighted by atomic mass is 16.5. The van der Waals surface area contributed by atoms with Crippen LogP contribution in [0.3, 0.4) is 0 Å². The number of tetrazole rings is 1. The molecule has 0 bridgehead atoms. The fourth-order valence-corrected chi connectivity index (χ4v) is 2.00. The topological polar surface area (TPSA) is 77.2 Å². The van der Waals surface area contributed by atoms with Gasteiger partial charge < -0.3 is 10.1 Å². The van der Waals surface area contributed by atoms with Gasteiger partial charge in [0.25, 0.3) is 0 Å². The summed E-state index contributed by atoms with van der Waals surface area (Å²) in [6.45, 7) is 3.70. The van der Waals surface area contributed by atoms with Crippen LogP contribution in [0.1, 0.15) is 19.8 Å². The van der Waals surface area contributed by atoms with E-state index in [1.165, 1.54) is 4.63 Å². The second-order valence-corrected chi connectivity index (χ2v) is 4.50. The summed E-state index contributed by atoms with van der Waals surface area (Å²) in [5, 5.41) is 18.6. The highest BCUT2D eigenvalue weighted by molar-refractivity contribution is 5.42. The molecule has 0 aromatic carbocycles. The third-order valence-corrected chi connectivity index (χ3v) is 3.01. The molecule has 1 aliphatic heterocycles. The Bertz CT molecular complexity index is 518.